The van der Waals surface area contributed by atoms with Gasteiger partial charge in [0.15, 0.2) is 0 Å². The Morgan fingerprint density at radius 3 is 2.07 bits per heavy atom. The van der Waals surface area contributed by atoms with Crippen molar-refractivity contribution in [2.45, 2.75) is 65.3 Å². The highest BCUT2D eigenvalue weighted by molar-refractivity contribution is 5.22. The number of rotatable bonds is 1. The van der Waals surface area contributed by atoms with Gasteiger partial charge in [-0.25, -0.2) is 0 Å². The molecule has 0 saturated heterocycles. The fourth-order valence-corrected chi connectivity index (χ4v) is 2.60. The van der Waals surface area contributed by atoms with Gasteiger partial charge in [0.2, 0.25) is 0 Å². The summed E-state index contributed by atoms with van der Waals surface area (Å²) in [5.41, 5.74) is 3.95. The van der Waals surface area contributed by atoms with Gasteiger partial charge in [0.05, 0.1) is 11.7 Å². The van der Waals surface area contributed by atoms with Gasteiger partial charge in [0.25, 0.3) is 0 Å². The molecule has 2 nitrogen and oxygen atoms in total. The Labute approximate surface area is 92.7 Å². The van der Waals surface area contributed by atoms with E-state index in [4.69, 9.17) is 5.10 Å². The number of aromatic nitrogens is 2. The topological polar surface area (TPSA) is 17.8 Å². The van der Waals surface area contributed by atoms with Gasteiger partial charge in [0.1, 0.15) is 0 Å². The fraction of sp³-hybridized carbons (Fsp3) is 0.769. The summed E-state index contributed by atoms with van der Waals surface area (Å²) in [7, 11) is 0. The Morgan fingerprint density at radius 2 is 1.60 bits per heavy atom. The highest BCUT2D eigenvalue weighted by atomic mass is 15.3. The highest BCUT2D eigenvalue weighted by Gasteiger charge is 2.18. The normalized spacial score (nSPS) is 19.1. The molecule has 1 heterocycles. The van der Waals surface area contributed by atoms with E-state index in [2.05, 4.69) is 25.5 Å². The second-order valence-electron chi connectivity index (χ2n) is 4.89. The molecular formula is C13H22N2. The standard InChI is InChI=1S/C13H22N2/c1-10-11(2)14-15(12(10)3)13-8-6-4-5-7-9-13/h13H,4-9H2,1-3H3. The van der Waals surface area contributed by atoms with Crippen LogP contribution in [0.5, 0.6) is 0 Å². The molecule has 0 aromatic carbocycles. The summed E-state index contributed by atoms with van der Waals surface area (Å²) in [5.74, 6) is 0. The third kappa shape index (κ3) is 2.09. The third-order valence-electron chi connectivity index (χ3n) is 3.86. The maximum Gasteiger partial charge on any atom is 0.0625 e. The first kappa shape index (κ1) is 10.7. The summed E-state index contributed by atoms with van der Waals surface area (Å²) in [6.45, 7) is 6.51. The third-order valence-corrected chi connectivity index (χ3v) is 3.86. The average molecular weight is 206 g/mol. The van der Waals surface area contributed by atoms with Crippen LogP contribution in [0.3, 0.4) is 0 Å². The van der Waals surface area contributed by atoms with Crippen LogP contribution in [0.1, 0.15) is 61.5 Å². The first-order valence-corrected chi connectivity index (χ1v) is 6.22. The van der Waals surface area contributed by atoms with Gasteiger partial charge in [-0.2, -0.15) is 5.10 Å². The minimum Gasteiger partial charge on any atom is -0.266 e. The van der Waals surface area contributed by atoms with Gasteiger partial charge in [-0.15, -0.1) is 0 Å². The molecule has 0 unspecified atom stereocenters. The Kier molecular flexibility index (Phi) is 3.13. The van der Waals surface area contributed by atoms with E-state index in [0.29, 0.717) is 6.04 Å². The van der Waals surface area contributed by atoms with Crippen molar-refractivity contribution in [2.75, 3.05) is 0 Å². The molecule has 0 N–H and O–H groups in total. The number of nitrogens with zero attached hydrogens (tertiary/aromatic N) is 2. The summed E-state index contributed by atoms with van der Waals surface area (Å²) >= 11 is 0. The lowest BCUT2D eigenvalue weighted by molar-refractivity contribution is 0.396. The Bertz CT molecular complexity index is 331. The summed E-state index contributed by atoms with van der Waals surface area (Å²) in [4.78, 5) is 0. The summed E-state index contributed by atoms with van der Waals surface area (Å²) < 4.78 is 2.29. The number of aryl methyl sites for hydroxylation is 1. The average Bonchev–Trinajstić information content (AvgIpc) is 2.51. The predicted molar refractivity (Wildman–Crippen MR) is 63.2 cm³/mol. The van der Waals surface area contributed by atoms with Crippen molar-refractivity contribution < 1.29 is 0 Å². The summed E-state index contributed by atoms with van der Waals surface area (Å²) in [6, 6.07) is 0.667. The molecule has 1 aromatic heterocycles. The minimum atomic E-state index is 0.667. The zero-order valence-corrected chi connectivity index (χ0v) is 10.2. The van der Waals surface area contributed by atoms with Crippen molar-refractivity contribution in [2.24, 2.45) is 0 Å². The van der Waals surface area contributed by atoms with Gasteiger partial charge < -0.3 is 0 Å². The molecule has 0 spiro atoms. The molecule has 0 amide bonds. The lowest BCUT2D eigenvalue weighted by atomic mass is 10.1. The molecule has 15 heavy (non-hydrogen) atoms. The molecule has 0 aliphatic heterocycles. The summed E-state index contributed by atoms with van der Waals surface area (Å²) in [6.07, 6.45) is 8.22. The molecule has 0 atom stereocenters. The van der Waals surface area contributed by atoms with Crippen molar-refractivity contribution in [1.82, 2.24) is 9.78 Å². The van der Waals surface area contributed by atoms with Crippen LogP contribution in [-0.4, -0.2) is 9.78 Å². The minimum absolute atomic E-state index is 0.667. The molecule has 1 aromatic rings. The van der Waals surface area contributed by atoms with E-state index in [0.717, 1.165) is 0 Å². The van der Waals surface area contributed by atoms with Gasteiger partial charge in [-0.1, -0.05) is 25.7 Å². The van der Waals surface area contributed by atoms with Crippen LogP contribution in [0.25, 0.3) is 0 Å². The van der Waals surface area contributed by atoms with Gasteiger partial charge in [-0.3, -0.25) is 4.68 Å². The van der Waals surface area contributed by atoms with E-state index in [1.807, 2.05) is 0 Å². The lowest BCUT2D eigenvalue weighted by Crippen LogP contribution is -2.11. The Balaban J connectivity index is 2.23. The van der Waals surface area contributed by atoms with Crippen molar-refractivity contribution in [3.63, 3.8) is 0 Å². The number of hydrogen-bond donors (Lipinski definition) is 0. The quantitative estimate of drug-likeness (QED) is 0.641. The van der Waals surface area contributed by atoms with Crippen LogP contribution in [0, 0.1) is 20.8 Å². The molecule has 1 aliphatic rings. The molecule has 2 heteroatoms. The van der Waals surface area contributed by atoms with Crippen LogP contribution in [0.4, 0.5) is 0 Å². The van der Waals surface area contributed by atoms with Gasteiger partial charge in [0, 0.05) is 5.69 Å². The second kappa shape index (κ2) is 4.38. The SMILES string of the molecule is Cc1nn(C2CCCCCC2)c(C)c1C. The zero-order chi connectivity index (χ0) is 10.8. The molecule has 84 valence electrons. The lowest BCUT2D eigenvalue weighted by Gasteiger charge is -2.16. The van der Waals surface area contributed by atoms with Gasteiger partial charge in [-0.05, 0) is 39.2 Å². The van der Waals surface area contributed by atoms with Crippen molar-refractivity contribution in [3.05, 3.63) is 17.0 Å². The molecule has 1 fully saturated rings. The van der Waals surface area contributed by atoms with E-state index in [9.17, 15) is 0 Å². The predicted octanol–water partition coefficient (Wildman–Crippen LogP) is 3.70. The molecule has 2 rings (SSSR count). The van der Waals surface area contributed by atoms with Crippen molar-refractivity contribution >= 4 is 0 Å². The van der Waals surface area contributed by atoms with E-state index in [-0.39, 0.29) is 0 Å². The highest BCUT2D eigenvalue weighted by Crippen LogP contribution is 2.28. The van der Waals surface area contributed by atoms with Crippen LogP contribution in [0.2, 0.25) is 0 Å². The first-order chi connectivity index (χ1) is 7.20. The second-order valence-corrected chi connectivity index (χ2v) is 4.89. The van der Waals surface area contributed by atoms with Crippen LogP contribution in [-0.2, 0) is 0 Å². The smallest absolute Gasteiger partial charge is 0.0625 e. The van der Waals surface area contributed by atoms with E-state index < -0.39 is 0 Å². The summed E-state index contributed by atoms with van der Waals surface area (Å²) in [5, 5.41) is 4.69. The number of hydrogen-bond acceptors (Lipinski definition) is 1. The zero-order valence-electron chi connectivity index (χ0n) is 10.2. The van der Waals surface area contributed by atoms with Crippen molar-refractivity contribution in [1.29, 1.82) is 0 Å². The van der Waals surface area contributed by atoms with E-state index in [1.165, 1.54) is 55.5 Å². The maximum absolute atomic E-state index is 4.69. The molecule has 1 aliphatic carbocycles. The molecule has 1 saturated carbocycles. The van der Waals surface area contributed by atoms with Crippen molar-refractivity contribution in [3.8, 4) is 0 Å². The van der Waals surface area contributed by atoms with E-state index in [1.54, 1.807) is 0 Å². The Morgan fingerprint density at radius 1 is 1.00 bits per heavy atom. The monoisotopic (exact) mass is 206 g/mol. The molecule has 0 bridgehead atoms. The van der Waals surface area contributed by atoms with Crippen LogP contribution in [0.15, 0.2) is 0 Å². The van der Waals surface area contributed by atoms with Crippen LogP contribution < -0.4 is 0 Å². The Hall–Kier alpha value is -0.790. The fourth-order valence-electron chi connectivity index (χ4n) is 2.60. The van der Waals surface area contributed by atoms with E-state index >= 15 is 0 Å². The first-order valence-electron chi connectivity index (χ1n) is 6.22. The largest absolute Gasteiger partial charge is 0.266 e. The molecule has 0 radical (unpaired) electrons. The van der Waals surface area contributed by atoms with Gasteiger partial charge >= 0.3 is 0 Å². The molecular weight excluding hydrogens is 184 g/mol. The van der Waals surface area contributed by atoms with Crippen LogP contribution >= 0.6 is 0 Å². The maximum atomic E-state index is 4.69.